The minimum absolute atomic E-state index is 0.0457. The Bertz CT molecular complexity index is 954. The molecule has 0 radical (unpaired) electrons. The topological polar surface area (TPSA) is 59.8 Å². The molecule has 2 aromatic carbocycles. The molecule has 1 N–H and O–H groups in total. The van der Waals surface area contributed by atoms with Crippen LogP contribution in [-0.4, -0.2) is 26.4 Å². The molecule has 1 amide bonds. The molecule has 0 saturated heterocycles. The van der Waals surface area contributed by atoms with Gasteiger partial charge in [-0.15, -0.1) is 10.2 Å². The number of benzene rings is 2. The molecular formula is C19H18F2N4OS. The number of aromatic nitrogens is 3. The number of aryl methyl sites for hydroxylation is 1. The predicted octanol–water partition coefficient (Wildman–Crippen LogP) is 4.28. The van der Waals surface area contributed by atoms with E-state index in [9.17, 15) is 13.6 Å². The number of amides is 1. The van der Waals surface area contributed by atoms with Crippen molar-refractivity contribution in [1.29, 1.82) is 0 Å². The maximum Gasteiger partial charge on any atom is 0.234 e. The number of nitrogens with one attached hydrogen (secondary N) is 1. The molecule has 8 heteroatoms. The van der Waals surface area contributed by atoms with Crippen LogP contribution in [0.2, 0.25) is 0 Å². The third-order valence-electron chi connectivity index (χ3n) is 3.90. The summed E-state index contributed by atoms with van der Waals surface area (Å²) in [7, 11) is 0. The first-order valence-electron chi connectivity index (χ1n) is 8.36. The van der Waals surface area contributed by atoms with Gasteiger partial charge < -0.3 is 9.88 Å². The van der Waals surface area contributed by atoms with Crippen LogP contribution < -0.4 is 5.32 Å². The van der Waals surface area contributed by atoms with E-state index >= 15 is 0 Å². The lowest BCUT2D eigenvalue weighted by atomic mass is 10.1. The quantitative estimate of drug-likeness (QED) is 0.640. The normalized spacial score (nSPS) is 10.8. The van der Waals surface area contributed by atoms with Gasteiger partial charge in [-0.25, -0.2) is 8.78 Å². The Kier molecular flexibility index (Phi) is 5.85. The second-order valence-corrected chi connectivity index (χ2v) is 6.80. The molecule has 0 aliphatic rings. The molecule has 5 nitrogen and oxygen atoms in total. The van der Waals surface area contributed by atoms with Crippen molar-refractivity contribution in [2.75, 3.05) is 11.1 Å². The van der Waals surface area contributed by atoms with E-state index in [0.717, 1.165) is 35.2 Å². The zero-order valence-corrected chi connectivity index (χ0v) is 15.7. The van der Waals surface area contributed by atoms with Gasteiger partial charge in [0.05, 0.1) is 5.75 Å². The number of nitrogens with zero attached hydrogens (tertiary/aromatic N) is 3. The molecular weight excluding hydrogens is 370 g/mol. The summed E-state index contributed by atoms with van der Waals surface area (Å²) < 4.78 is 28.3. The second-order valence-electron chi connectivity index (χ2n) is 5.86. The van der Waals surface area contributed by atoms with Crippen molar-refractivity contribution in [2.24, 2.45) is 0 Å². The highest BCUT2D eigenvalue weighted by molar-refractivity contribution is 7.99. The van der Waals surface area contributed by atoms with Crippen LogP contribution in [0.15, 0.2) is 47.6 Å². The molecule has 1 aromatic heterocycles. The molecule has 0 spiro atoms. The summed E-state index contributed by atoms with van der Waals surface area (Å²) in [6.07, 6.45) is 0. The first kappa shape index (κ1) is 19.0. The van der Waals surface area contributed by atoms with Crippen LogP contribution in [0.3, 0.4) is 0 Å². The number of hydrogen-bond donors (Lipinski definition) is 1. The van der Waals surface area contributed by atoms with Gasteiger partial charge in [-0.05, 0) is 31.5 Å². The van der Waals surface area contributed by atoms with Crippen LogP contribution in [0, 0.1) is 18.6 Å². The number of thioether (sulfide) groups is 1. The van der Waals surface area contributed by atoms with Crippen LogP contribution >= 0.6 is 11.8 Å². The molecule has 0 bridgehead atoms. The number of hydrogen-bond acceptors (Lipinski definition) is 4. The highest BCUT2D eigenvalue weighted by Gasteiger charge is 2.16. The van der Waals surface area contributed by atoms with Crippen molar-refractivity contribution in [3.05, 3.63) is 59.7 Å². The van der Waals surface area contributed by atoms with Crippen LogP contribution in [0.4, 0.5) is 14.5 Å². The van der Waals surface area contributed by atoms with Crippen molar-refractivity contribution in [3.8, 4) is 11.4 Å². The molecule has 140 valence electrons. The lowest BCUT2D eigenvalue weighted by Gasteiger charge is -2.09. The van der Waals surface area contributed by atoms with E-state index in [0.29, 0.717) is 11.7 Å². The maximum absolute atomic E-state index is 13.2. The SMILES string of the molecule is CCn1c(SCC(=O)Nc2cc(F)cc(F)c2)nnc1-c1ccccc1C. The van der Waals surface area contributed by atoms with E-state index in [1.54, 1.807) is 0 Å². The fourth-order valence-corrected chi connectivity index (χ4v) is 3.46. The molecule has 0 fully saturated rings. The van der Waals surface area contributed by atoms with Crippen molar-refractivity contribution >= 4 is 23.4 Å². The first-order chi connectivity index (χ1) is 13.0. The van der Waals surface area contributed by atoms with Gasteiger partial charge in [0.1, 0.15) is 11.6 Å². The minimum Gasteiger partial charge on any atom is -0.325 e. The molecule has 0 saturated carbocycles. The zero-order valence-electron chi connectivity index (χ0n) is 14.9. The Hall–Kier alpha value is -2.74. The van der Waals surface area contributed by atoms with Crippen LogP contribution in [0.5, 0.6) is 0 Å². The van der Waals surface area contributed by atoms with E-state index in [1.807, 2.05) is 42.7 Å². The van der Waals surface area contributed by atoms with E-state index in [2.05, 4.69) is 15.5 Å². The van der Waals surface area contributed by atoms with Crippen LogP contribution in [0.1, 0.15) is 12.5 Å². The Labute approximate surface area is 159 Å². The predicted molar refractivity (Wildman–Crippen MR) is 102 cm³/mol. The highest BCUT2D eigenvalue weighted by Crippen LogP contribution is 2.26. The molecule has 3 rings (SSSR count). The summed E-state index contributed by atoms with van der Waals surface area (Å²) in [4.78, 5) is 12.1. The zero-order chi connectivity index (χ0) is 19.4. The largest absolute Gasteiger partial charge is 0.325 e. The fraction of sp³-hybridized carbons (Fsp3) is 0.211. The monoisotopic (exact) mass is 388 g/mol. The molecule has 27 heavy (non-hydrogen) atoms. The highest BCUT2D eigenvalue weighted by atomic mass is 32.2. The molecule has 3 aromatic rings. The molecule has 0 atom stereocenters. The minimum atomic E-state index is -0.744. The number of anilines is 1. The average molecular weight is 388 g/mol. The average Bonchev–Trinajstić information content (AvgIpc) is 3.02. The van der Waals surface area contributed by atoms with Crippen molar-refractivity contribution in [1.82, 2.24) is 14.8 Å². The summed E-state index contributed by atoms with van der Waals surface area (Å²) >= 11 is 1.22. The fourth-order valence-electron chi connectivity index (χ4n) is 2.66. The lowest BCUT2D eigenvalue weighted by molar-refractivity contribution is -0.113. The smallest absolute Gasteiger partial charge is 0.234 e. The summed E-state index contributed by atoms with van der Waals surface area (Å²) in [6.45, 7) is 4.63. The van der Waals surface area contributed by atoms with Gasteiger partial charge in [-0.1, -0.05) is 36.0 Å². The molecule has 1 heterocycles. The number of carbonyl (C=O) groups excluding carboxylic acids is 1. The van der Waals surface area contributed by atoms with Crippen molar-refractivity contribution in [2.45, 2.75) is 25.5 Å². The first-order valence-corrected chi connectivity index (χ1v) is 9.34. The van der Waals surface area contributed by atoms with Crippen LogP contribution in [-0.2, 0) is 11.3 Å². The number of rotatable bonds is 6. The van der Waals surface area contributed by atoms with Crippen molar-refractivity contribution < 1.29 is 13.6 Å². The van der Waals surface area contributed by atoms with Crippen molar-refractivity contribution in [3.63, 3.8) is 0 Å². The molecule has 0 aliphatic heterocycles. The second kappa shape index (κ2) is 8.30. The number of carbonyl (C=O) groups is 1. The third kappa shape index (κ3) is 4.51. The summed E-state index contributed by atoms with van der Waals surface area (Å²) in [6, 6.07) is 10.8. The van der Waals surface area contributed by atoms with Gasteiger partial charge in [-0.2, -0.15) is 0 Å². The Balaban J connectivity index is 1.71. The summed E-state index contributed by atoms with van der Waals surface area (Å²) in [5.41, 5.74) is 2.15. The van der Waals surface area contributed by atoms with Gasteiger partial charge in [0.2, 0.25) is 5.91 Å². The van der Waals surface area contributed by atoms with Crippen LogP contribution in [0.25, 0.3) is 11.4 Å². The summed E-state index contributed by atoms with van der Waals surface area (Å²) in [5, 5.41) is 11.5. The Morgan fingerprint density at radius 3 is 2.52 bits per heavy atom. The molecule has 0 unspecified atom stereocenters. The van der Waals surface area contributed by atoms with Gasteiger partial charge in [0.15, 0.2) is 11.0 Å². The summed E-state index contributed by atoms with van der Waals surface area (Å²) in [5.74, 6) is -1.08. The Morgan fingerprint density at radius 1 is 1.15 bits per heavy atom. The third-order valence-corrected chi connectivity index (χ3v) is 4.86. The van der Waals surface area contributed by atoms with Gasteiger partial charge in [0, 0.05) is 23.9 Å². The lowest BCUT2D eigenvalue weighted by Crippen LogP contribution is -2.15. The molecule has 0 aliphatic carbocycles. The van der Waals surface area contributed by atoms with E-state index < -0.39 is 11.6 Å². The van der Waals surface area contributed by atoms with Gasteiger partial charge >= 0.3 is 0 Å². The van der Waals surface area contributed by atoms with Gasteiger partial charge in [-0.3, -0.25) is 4.79 Å². The van der Waals surface area contributed by atoms with E-state index in [4.69, 9.17) is 0 Å². The van der Waals surface area contributed by atoms with E-state index in [-0.39, 0.29) is 17.3 Å². The standard InChI is InChI=1S/C19H18F2N4OS/c1-3-25-18(16-7-5-4-6-12(16)2)23-24-19(25)27-11-17(26)22-15-9-13(20)8-14(21)10-15/h4-10H,3,11H2,1-2H3,(H,22,26). The van der Waals surface area contributed by atoms with E-state index in [1.165, 1.54) is 11.8 Å². The number of halogens is 2. The Morgan fingerprint density at radius 2 is 1.85 bits per heavy atom. The van der Waals surface area contributed by atoms with Gasteiger partial charge in [0.25, 0.3) is 0 Å². The maximum atomic E-state index is 13.2.